The minimum Gasteiger partial charge on any atom is -0.399 e. The number of furan rings is 1. The molecule has 12 nitrogen and oxygen atoms in total. The lowest BCUT2D eigenvalue weighted by molar-refractivity contribution is 0.00578. The van der Waals surface area contributed by atoms with Gasteiger partial charge in [0.25, 0.3) is 22.2 Å². The first kappa shape index (κ1) is 86.5. The van der Waals surface area contributed by atoms with Gasteiger partial charge in [0.2, 0.25) is 0 Å². The molecule has 1 fully saturated rings. The number of anilines is 1. The first-order chi connectivity index (χ1) is 65.5. The molecule has 666 valence electrons. The highest BCUT2D eigenvalue weighted by molar-refractivity contribution is 9.11. The first-order valence-electron chi connectivity index (χ1n) is 46.1. The monoisotopic (exact) mass is 2040 g/mol. The molecule has 28 rings (SSSR count). The Morgan fingerprint density at radius 2 is 0.518 bits per heavy atom. The SMILES string of the molecule is CC(C)(C)c1ccccc1-c1cc2c3c(=O)n(-c4ccccc4)c(=O)c3c3cc(-c4ccccc4C(C)(C)C)c4ccc5ccc1c1c5c4c3c21.CC(C)(C)c1ccccc1B1OC(C)(C)C(C)(C)O1.Nc1ccccc1.O=c1c2c3cc(Br)c4ccc5ccc6c(Br)cc(c2c(=O)n1-c1ccccc1)c1c6c5c4c31.O=c1oc(=O)c2c3cc(Br)c4ccc5ccc6c(Br)cc(c12)c1c6c5c4c31. The number of benzene rings is 21. The molecular weight excluding hydrogens is 1960 g/mol. The number of aromatic nitrogens is 2. The number of rotatable bonds is 5. The summed E-state index contributed by atoms with van der Waals surface area (Å²) in [4.78, 5) is 82.5. The van der Waals surface area contributed by atoms with Crippen molar-refractivity contribution in [2.75, 3.05) is 5.73 Å². The molecule has 0 radical (unpaired) electrons. The largest absolute Gasteiger partial charge is 0.495 e. The number of hydrogen-bond acceptors (Lipinski definition) is 10. The maximum absolute atomic E-state index is 14.9. The van der Waals surface area contributed by atoms with Crippen LogP contribution in [0.2, 0.25) is 0 Å². The van der Waals surface area contributed by atoms with Crippen molar-refractivity contribution in [3.05, 3.63) is 370 Å². The Balaban J connectivity index is 0.000000103. The number of para-hydroxylation sites is 3. The number of nitrogen functional groups attached to an aromatic ring is 1. The zero-order valence-corrected chi connectivity index (χ0v) is 83.6. The molecule has 17 heteroatoms. The fourth-order valence-electron chi connectivity index (χ4n) is 22.9. The Kier molecular flexibility index (Phi) is 19.1. The van der Waals surface area contributed by atoms with Crippen LogP contribution in [-0.4, -0.2) is 27.5 Å². The zero-order chi connectivity index (χ0) is 95.1. The van der Waals surface area contributed by atoms with Crippen LogP contribution < -0.4 is 44.7 Å². The molecule has 0 amide bonds. The highest BCUT2D eigenvalue weighted by atomic mass is 79.9. The second-order valence-corrected chi connectivity index (χ2v) is 44.4. The van der Waals surface area contributed by atoms with Crippen molar-refractivity contribution < 1.29 is 13.7 Å². The van der Waals surface area contributed by atoms with E-state index in [1.807, 2.05) is 103 Å². The van der Waals surface area contributed by atoms with Crippen molar-refractivity contribution in [2.24, 2.45) is 0 Å². The van der Waals surface area contributed by atoms with Crippen LogP contribution in [0.4, 0.5) is 5.69 Å². The Morgan fingerprint density at radius 1 is 0.263 bits per heavy atom. The predicted octanol–water partition coefficient (Wildman–Crippen LogP) is 29.9. The third-order valence-electron chi connectivity index (χ3n) is 29.5. The van der Waals surface area contributed by atoms with E-state index in [1.165, 1.54) is 68.9 Å². The minimum absolute atomic E-state index is 0.0835. The molecule has 0 atom stereocenters. The van der Waals surface area contributed by atoms with Gasteiger partial charge in [-0.1, -0.05) is 326 Å². The normalized spacial score (nSPS) is 14.0. The molecule has 0 spiro atoms. The van der Waals surface area contributed by atoms with Gasteiger partial charge in [-0.3, -0.25) is 19.2 Å². The number of nitrogens with zero attached hydrogens (tertiary/aromatic N) is 2. The van der Waals surface area contributed by atoms with Crippen LogP contribution in [-0.2, 0) is 25.6 Å². The summed E-state index contributed by atoms with van der Waals surface area (Å²) < 4.78 is 23.7. The second-order valence-electron chi connectivity index (χ2n) is 41.0. The molecule has 137 heavy (non-hydrogen) atoms. The average molecular weight is 2040 g/mol. The summed E-state index contributed by atoms with van der Waals surface area (Å²) in [6, 6.07) is 92.1. The van der Waals surface area contributed by atoms with E-state index in [-0.39, 0.29) is 56.8 Å². The van der Waals surface area contributed by atoms with Gasteiger partial charge in [-0.2, -0.15) is 0 Å². The molecule has 0 unspecified atom stereocenters. The van der Waals surface area contributed by atoms with E-state index in [0.717, 1.165) is 170 Å². The van der Waals surface area contributed by atoms with Crippen molar-refractivity contribution in [3.63, 3.8) is 0 Å². The van der Waals surface area contributed by atoms with Gasteiger partial charge in [-0.05, 0) is 323 Å². The van der Waals surface area contributed by atoms with Gasteiger partial charge in [-0.15, -0.1) is 0 Å². The molecule has 1 aliphatic rings. The number of fused-ring (bicyclic) bond motifs is 9. The average Bonchev–Trinajstić information content (AvgIpc) is 1.51. The number of hydrogen-bond donors (Lipinski definition) is 1. The van der Waals surface area contributed by atoms with Crippen molar-refractivity contribution in [1.29, 1.82) is 0 Å². The molecule has 2 N–H and O–H groups in total. The topological polar surface area (TPSA) is 170 Å². The maximum atomic E-state index is 14.9. The second kappa shape index (κ2) is 30.3. The van der Waals surface area contributed by atoms with Gasteiger partial charge in [0.15, 0.2) is 0 Å². The molecule has 0 saturated carbocycles. The van der Waals surface area contributed by atoms with Gasteiger partial charge < -0.3 is 19.5 Å². The first-order valence-corrected chi connectivity index (χ1v) is 49.3. The molecule has 0 bridgehead atoms. The highest BCUT2D eigenvalue weighted by Gasteiger charge is 2.53. The fraction of sp³-hybridized carbons (Fsp3) is 0.150. The Labute approximate surface area is 818 Å². The van der Waals surface area contributed by atoms with Crippen LogP contribution in [0.5, 0.6) is 0 Å². The van der Waals surface area contributed by atoms with Crippen LogP contribution in [0.1, 0.15) is 107 Å². The van der Waals surface area contributed by atoms with Gasteiger partial charge in [-0.25, -0.2) is 18.7 Å². The molecule has 27 aromatic rings. The van der Waals surface area contributed by atoms with E-state index in [9.17, 15) is 28.8 Å². The van der Waals surface area contributed by atoms with Gasteiger partial charge >= 0.3 is 18.4 Å². The summed E-state index contributed by atoms with van der Waals surface area (Å²) in [5, 5.41) is 34.9. The smallest absolute Gasteiger partial charge is 0.399 e. The van der Waals surface area contributed by atoms with E-state index in [1.54, 1.807) is 12.1 Å². The van der Waals surface area contributed by atoms with Gasteiger partial charge in [0, 0.05) is 23.6 Å². The standard InChI is InChI=1S/C48H37NO2.C28H11Br2NO2.C22H6Br2O3.C16H25BO2.C6H7N/c1-47(2,3)36-18-12-10-16-28(36)32-24-34-41-39-30(32)22-20-26-21-23-31-33(29-17-11-13-19-37(29)48(4,5)6)25-35(42(41)40(31)38(26)39)44-43(34)45(50)49(46(44)51)27-14-8-7-9-15-27;29-18-10-16-23-21-14(18)8-6-12-7-9-15-19(30)11-17(24(23)22(15)20(12)21)26-25(16)27(32)31(28(26)33)13-4-2-1-3-5-13;23-12-5-10-17-15-8(12)3-1-7-2-4-9-13(24)6-11(18(17)16(9)14(7)15)20-19(10)21(25)27-22(20)26;1-14(2,3)12-10-8-9-11-13(12)17-18-15(4,5)16(6,7)19-17;7-6-4-2-1-3-5-6/h7-25H,1-6H3;1-11H;1-6H;8-11H,1-7H3;1-5H,7H2. The van der Waals surface area contributed by atoms with E-state index < -0.39 is 11.3 Å². The third-order valence-corrected chi connectivity index (χ3v) is 32.1. The lowest BCUT2D eigenvalue weighted by atomic mass is 9.70. The van der Waals surface area contributed by atoms with Crippen LogP contribution in [0, 0.1) is 0 Å². The molecule has 3 aromatic heterocycles. The molecule has 24 aromatic carbocycles. The highest BCUT2D eigenvalue weighted by Crippen LogP contribution is 2.59. The minimum atomic E-state index is -0.567. The summed E-state index contributed by atoms with van der Waals surface area (Å²) in [6.07, 6.45) is 0. The molecular formula is C120H86BBr4N3O9. The molecule has 1 aliphatic heterocycles. The molecule has 0 aliphatic carbocycles. The number of nitrogens with two attached hydrogens (primary N) is 1. The summed E-state index contributed by atoms with van der Waals surface area (Å²) in [7, 11) is -0.277. The summed E-state index contributed by atoms with van der Waals surface area (Å²) >= 11 is 14.9. The Hall–Kier alpha value is -13.4. The van der Waals surface area contributed by atoms with Crippen molar-refractivity contribution in [2.45, 2.75) is 117 Å². The Morgan fingerprint density at radius 3 is 0.825 bits per heavy atom. The van der Waals surface area contributed by atoms with Crippen LogP contribution in [0.3, 0.4) is 0 Å². The summed E-state index contributed by atoms with van der Waals surface area (Å²) in [5.74, 6) is 0. The fourth-order valence-corrected chi connectivity index (χ4v) is 25.1. The zero-order valence-electron chi connectivity index (χ0n) is 77.2. The van der Waals surface area contributed by atoms with Crippen molar-refractivity contribution >= 4 is 276 Å². The van der Waals surface area contributed by atoms with Crippen LogP contribution >= 0.6 is 63.7 Å². The van der Waals surface area contributed by atoms with E-state index in [2.05, 4.69) is 311 Å². The van der Waals surface area contributed by atoms with Crippen molar-refractivity contribution in [1.82, 2.24) is 9.13 Å². The molecule has 1 saturated heterocycles. The number of halogens is 4. The maximum Gasteiger partial charge on any atom is 0.495 e. The summed E-state index contributed by atoms with van der Waals surface area (Å²) in [6.45, 7) is 28.5. The van der Waals surface area contributed by atoms with Gasteiger partial charge in [0.1, 0.15) is 0 Å². The van der Waals surface area contributed by atoms with E-state index in [0.29, 0.717) is 43.7 Å². The van der Waals surface area contributed by atoms with Gasteiger partial charge in [0.05, 0.1) is 54.9 Å². The van der Waals surface area contributed by atoms with E-state index >= 15 is 0 Å². The van der Waals surface area contributed by atoms with E-state index in [4.69, 9.17) is 19.5 Å². The quantitative estimate of drug-likeness (QED) is 0.0994. The summed E-state index contributed by atoms with van der Waals surface area (Å²) in [5.41, 5.74) is 13.8. The Bertz CT molecular complexity index is 9560. The molecule has 4 heterocycles. The lowest BCUT2D eigenvalue weighted by Crippen LogP contribution is -2.41. The predicted molar refractivity (Wildman–Crippen MR) is 588 cm³/mol. The van der Waals surface area contributed by atoms with Crippen LogP contribution in [0.15, 0.2) is 324 Å². The van der Waals surface area contributed by atoms with Crippen molar-refractivity contribution in [3.8, 4) is 33.6 Å². The van der Waals surface area contributed by atoms with Crippen LogP contribution in [0.25, 0.3) is 228 Å². The third kappa shape index (κ3) is 12.5. The lowest BCUT2D eigenvalue weighted by Gasteiger charge is -2.32.